The highest BCUT2D eigenvalue weighted by molar-refractivity contribution is 7.91. The molecule has 1 saturated heterocycles. The average molecular weight is 432 g/mol. The second-order valence-electron chi connectivity index (χ2n) is 6.40. The van der Waals surface area contributed by atoms with E-state index in [4.69, 9.17) is 4.74 Å². The maximum atomic E-state index is 12.6. The van der Waals surface area contributed by atoms with Gasteiger partial charge in [0.1, 0.15) is 4.21 Å². The number of thiophene rings is 1. The van der Waals surface area contributed by atoms with E-state index in [0.717, 1.165) is 24.2 Å². The zero-order valence-corrected chi connectivity index (χ0v) is 17.3. The van der Waals surface area contributed by atoms with E-state index in [1.54, 1.807) is 11.4 Å². The molecule has 0 aliphatic carbocycles. The number of amides is 3. The number of carbonyl (C=O) groups is 3. The normalized spacial score (nSPS) is 17.7. The number of carbonyl (C=O) groups excluding carboxylic acids is 3. The minimum atomic E-state index is -3.63. The maximum absolute atomic E-state index is 12.6. The van der Waals surface area contributed by atoms with Gasteiger partial charge < -0.3 is 10.1 Å². The Balaban J connectivity index is 1.81. The molecule has 2 N–H and O–H groups in total. The third-order valence-corrected chi connectivity index (χ3v) is 7.46. The Morgan fingerprint density at radius 1 is 1.36 bits per heavy atom. The minimum absolute atomic E-state index is 0.0121. The van der Waals surface area contributed by atoms with Crippen molar-refractivity contribution < 1.29 is 27.5 Å². The molecule has 2 heterocycles. The smallest absolute Gasteiger partial charge is 0.321 e. The van der Waals surface area contributed by atoms with Crippen LogP contribution in [0, 0.1) is 5.92 Å². The number of ether oxygens (including phenoxy) is 1. The van der Waals surface area contributed by atoms with Gasteiger partial charge in [-0.15, -0.1) is 11.3 Å². The van der Waals surface area contributed by atoms with Crippen LogP contribution in [0.15, 0.2) is 21.7 Å². The topological polar surface area (TPSA) is 122 Å². The molecule has 0 saturated carbocycles. The van der Waals surface area contributed by atoms with Crippen molar-refractivity contribution in [2.75, 3.05) is 26.2 Å². The van der Waals surface area contributed by atoms with Gasteiger partial charge in [0.05, 0.1) is 5.92 Å². The number of imide groups is 1. The van der Waals surface area contributed by atoms with Gasteiger partial charge in [-0.3, -0.25) is 14.9 Å². The van der Waals surface area contributed by atoms with Crippen molar-refractivity contribution in [3.8, 4) is 0 Å². The molecule has 2 rings (SSSR count). The van der Waals surface area contributed by atoms with Crippen molar-refractivity contribution >= 4 is 39.3 Å². The van der Waals surface area contributed by atoms with E-state index in [0.29, 0.717) is 25.9 Å². The van der Waals surface area contributed by atoms with Crippen LogP contribution in [0.2, 0.25) is 0 Å². The van der Waals surface area contributed by atoms with Crippen molar-refractivity contribution in [1.82, 2.24) is 14.9 Å². The van der Waals surface area contributed by atoms with E-state index < -0.39 is 40.5 Å². The van der Waals surface area contributed by atoms with Crippen LogP contribution < -0.4 is 10.6 Å². The van der Waals surface area contributed by atoms with Crippen LogP contribution in [0.25, 0.3) is 0 Å². The first kappa shape index (κ1) is 22.3. The first-order valence-electron chi connectivity index (χ1n) is 9.12. The molecule has 0 spiro atoms. The molecule has 1 aromatic rings. The molecule has 1 atom stereocenters. The standard InChI is InChI=1S/C17H25N3O6S2/c1-2-3-8-18-17(23)19-14(21)12-26-16(22)13-6-4-9-20(11-13)28(24,25)15-7-5-10-27-15/h5,7,10,13H,2-4,6,8-9,11-12H2,1H3,(H2,18,19,21,23). The lowest BCUT2D eigenvalue weighted by Crippen LogP contribution is -2.44. The van der Waals surface area contributed by atoms with Crippen LogP contribution in [-0.4, -0.2) is 56.9 Å². The Kier molecular flexibility index (Phi) is 8.39. The number of esters is 1. The van der Waals surface area contributed by atoms with Gasteiger partial charge in [-0.1, -0.05) is 19.4 Å². The highest BCUT2D eigenvalue weighted by Crippen LogP contribution is 2.26. The second-order valence-corrected chi connectivity index (χ2v) is 9.51. The fourth-order valence-corrected chi connectivity index (χ4v) is 5.40. The first-order chi connectivity index (χ1) is 13.3. The summed E-state index contributed by atoms with van der Waals surface area (Å²) >= 11 is 1.12. The summed E-state index contributed by atoms with van der Waals surface area (Å²) in [7, 11) is -3.63. The van der Waals surface area contributed by atoms with E-state index in [-0.39, 0.29) is 10.8 Å². The van der Waals surface area contributed by atoms with Crippen molar-refractivity contribution in [1.29, 1.82) is 0 Å². The second kappa shape index (κ2) is 10.5. The molecule has 0 radical (unpaired) electrons. The fourth-order valence-electron chi connectivity index (χ4n) is 2.73. The molecule has 156 valence electrons. The Hall–Kier alpha value is -1.98. The molecule has 1 unspecified atom stereocenters. The fraction of sp³-hybridized carbons (Fsp3) is 0.588. The lowest BCUT2D eigenvalue weighted by molar-refractivity contribution is -0.153. The summed E-state index contributed by atoms with van der Waals surface area (Å²) < 4.78 is 31.7. The molecule has 11 heteroatoms. The lowest BCUT2D eigenvalue weighted by Gasteiger charge is -2.30. The van der Waals surface area contributed by atoms with E-state index in [2.05, 4.69) is 10.6 Å². The Morgan fingerprint density at radius 3 is 2.82 bits per heavy atom. The van der Waals surface area contributed by atoms with E-state index in [1.807, 2.05) is 6.92 Å². The molecule has 28 heavy (non-hydrogen) atoms. The first-order valence-corrected chi connectivity index (χ1v) is 11.4. The van der Waals surface area contributed by atoms with Crippen molar-refractivity contribution in [3.05, 3.63) is 17.5 Å². The molecule has 1 fully saturated rings. The van der Waals surface area contributed by atoms with Crippen LogP contribution in [0.5, 0.6) is 0 Å². The SMILES string of the molecule is CCCCNC(=O)NC(=O)COC(=O)C1CCCN(S(=O)(=O)c2cccs2)C1. The van der Waals surface area contributed by atoms with Gasteiger partial charge in [0.2, 0.25) is 0 Å². The van der Waals surface area contributed by atoms with Gasteiger partial charge in [-0.2, -0.15) is 4.31 Å². The van der Waals surface area contributed by atoms with Crippen molar-refractivity contribution in [2.45, 2.75) is 36.8 Å². The third kappa shape index (κ3) is 6.28. The highest BCUT2D eigenvalue weighted by atomic mass is 32.2. The Labute approximate surface area is 168 Å². The van der Waals surface area contributed by atoms with Gasteiger partial charge in [0.25, 0.3) is 15.9 Å². The van der Waals surface area contributed by atoms with Crippen LogP contribution in [-0.2, 0) is 24.3 Å². The van der Waals surface area contributed by atoms with Crippen molar-refractivity contribution in [3.63, 3.8) is 0 Å². The number of unbranched alkanes of at least 4 members (excludes halogenated alkanes) is 1. The molecule has 3 amide bonds. The summed E-state index contributed by atoms with van der Waals surface area (Å²) in [4.78, 5) is 35.4. The predicted molar refractivity (Wildman–Crippen MR) is 103 cm³/mol. The number of sulfonamides is 1. The number of piperidine rings is 1. The third-order valence-electron chi connectivity index (χ3n) is 4.22. The number of hydrogen-bond donors (Lipinski definition) is 2. The predicted octanol–water partition coefficient (Wildman–Crippen LogP) is 1.32. The number of nitrogens with one attached hydrogen (secondary N) is 2. The monoisotopic (exact) mass is 431 g/mol. The zero-order valence-electron chi connectivity index (χ0n) is 15.7. The van der Waals surface area contributed by atoms with Gasteiger partial charge >= 0.3 is 12.0 Å². The summed E-state index contributed by atoms with van der Waals surface area (Å²) in [5.74, 6) is -2.02. The molecule has 9 nitrogen and oxygen atoms in total. The van der Waals surface area contributed by atoms with Crippen molar-refractivity contribution in [2.24, 2.45) is 5.92 Å². The van der Waals surface area contributed by atoms with E-state index >= 15 is 0 Å². The number of hydrogen-bond acceptors (Lipinski definition) is 7. The summed E-state index contributed by atoms with van der Waals surface area (Å²) in [6, 6.07) is 2.54. The van der Waals surface area contributed by atoms with Gasteiger partial charge in [-0.05, 0) is 30.7 Å². The molecular weight excluding hydrogens is 406 g/mol. The Bertz CT molecular complexity index is 779. The molecule has 1 aliphatic rings. The largest absolute Gasteiger partial charge is 0.455 e. The molecule has 1 aromatic heterocycles. The van der Waals surface area contributed by atoms with Gasteiger partial charge in [0.15, 0.2) is 6.61 Å². The quantitative estimate of drug-likeness (QED) is 0.473. The Morgan fingerprint density at radius 2 is 2.14 bits per heavy atom. The molecule has 0 bridgehead atoms. The van der Waals surface area contributed by atoms with Gasteiger partial charge in [0, 0.05) is 19.6 Å². The molecular formula is C17H25N3O6S2. The van der Waals surface area contributed by atoms with Crippen LogP contribution in [0.4, 0.5) is 4.79 Å². The van der Waals surface area contributed by atoms with Gasteiger partial charge in [-0.25, -0.2) is 13.2 Å². The van der Waals surface area contributed by atoms with E-state index in [1.165, 1.54) is 10.4 Å². The maximum Gasteiger partial charge on any atom is 0.321 e. The van der Waals surface area contributed by atoms with Crippen LogP contribution in [0.3, 0.4) is 0 Å². The summed E-state index contributed by atoms with van der Waals surface area (Å²) in [6.45, 7) is 2.18. The number of urea groups is 1. The zero-order chi connectivity index (χ0) is 20.6. The average Bonchev–Trinajstić information content (AvgIpc) is 3.22. The highest BCUT2D eigenvalue weighted by Gasteiger charge is 2.34. The summed E-state index contributed by atoms with van der Waals surface area (Å²) in [6.07, 6.45) is 2.71. The summed E-state index contributed by atoms with van der Waals surface area (Å²) in [5, 5.41) is 6.28. The minimum Gasteiger partial charge on any atom is -0.455 e. The van der Waals surface area contributed by atoms with Crippen LogP contribution in [0.1, 0.15) is 32.6 Å². The van der Waals surface area contributed by atoms with Crippen LogP contribution >= 0.6 is 11.3 Å². The lowest BCUT2D eigenvalue weighted by atomic mass is 10.0. The number of nitrogens with zero attached hydrogens (tertiary/aromatic N) is 1. The summed E-state index contributed by atoms with van der Waals surface area (Å²) in [5.41, 5.74) is 0. The molecule has 1 aliphatic heterocycles. The number of rotatable bonds is 8. The van der Waals surface area contributed by atoms with E-state index in [9.17, 15) is 22.8 Å². The molecule has 0 aromatic carbocycles.